The highest BCUT2D eigenvalue weighted by Crippen LogP contribution is 2.20. The Bertz CT molecular complexity index is 875. The van der Waals surface area contributed by atoms with Crippen LogP contribution in [0.25, 0.3) is 5.69 Å². The average Bonchev–Trinajstić information content (AvgIpc) is 3.03. The molecule has 0 saturated carbocycles. The van der Waals surface area contributed by atoms with Crippen molar-refractivity contribution in [3.8, 4) is 5.69 Å². The number of halogens is 1. The minimum absolute atomic E-state index is 0.0183. The number of hydrogen-bond acceptors (Lipinski definition) is 3. The van der Waals surface area contributed by atoms with Gasteiger partial charge in [0.2, 0.25) is 5.91 Å². The van der Waals surface area contributed by atoms with Gasteiger partial charge in [-0.2, -0.15) is 5.10 Å². The van der Waals surface area contributed by atoms with Crippen molar-refractivity contribution in [2.45, 2.75) is 32.7 Å². The number of rotatable bonds is 6. The first-order valence-corrected chi connectivity index (χ1v) is 8.53. The summed E-state index contributed by atoms with van der Waals surface area (Å²) in [6.07, 6.45) is 6.28. The number of aromatic nitrogens is 3. The van der Waals surface area contributed by atoms with Crippen molar-refractivity contribution in [3.05, 3.63) is 77.6 Å². The van der Waals surface area contributed by atoms with Crippen LogP contribution in [0.4, 0.5) is 4.39 Å². The highest BCUT2D eigenvalue weighted by Gasteiger charge is 2.16. The maximum Gasteiger partial charge on any atom is 0.220 e. The minimum Gasteiger partial charge on any atom is -0.349 e. The van der Waals surface area contributed by atoms with Gasteiger partial charge in [0.1, 0.15) is 5.82 Å². The number of carbonyl (C=O) groups excluding carboxylic acids is 1. The molecule has 0 spiro atoms. The molecule has 0 aliphatic rings. The Morgan fingerprint density at radius 2 is 2.00 bits per heavy atom. The van der Waals surface area contributed by atoms with E-state index in [4.69, 9.17) is 0 Å². The largest absolute Gasteiger partial charge is 0.349 e. The van der Waals surface area contributed by atoms with Crippen LogP contribution in [0.3, 0.4) is 0 Å². The molecule has 1 N–H and O–H groups in total. The first-order chi connectivity index (χ1) is 12.5. The maximum absolute atomic E-state index is 13.1. The van der Waals surface area contributed by atoms with Crippen LogP contribution >= 0.6 is 0 Å². The van der Waals surface area contributed by atoms with Crippen LogP contribution in [0.2, 0.25) is 0 Å². The molecule has 3 rings (SSSR count). The van der Waals surface area contributed by atoms with Gasteiger partial charge >= 0.3 is 0 Å². The summed E-state index contributed by atoms with van der Waals surface area (Å²) >= 11 is 0. The van der Waals surface area contributed by atoms with E-state index in [1.165, 1.54) is 12.1 Å². The summed E-state index contributed by atoms with van der Waals surface area (Å²) in [6, 6.07) is 9.82. The molecule has 0 saturated heterocycles. The van der Waals surface area contributed by atoms with Crippen LogP contribution < -0.4 is 5.32 Å². The molecule has 1 atom stereocenters. The topological polar surface area (TPSA) is 59.8 Å². The van der Waals surface area contributed by atoms with Crippen molar-refractivity contribution in [3.63, 3.8) is 0 Å². The average molecular weight is 352 g/mol. The van der Waals surface area contributed by atoms with E-state index in [0.29, 0.717) is 12.8 Å². The number of carbonyl (C=O) groups is 1. The lowest BCUT2D eigenvalue weighted by atomic mass is 10.1. The summed E-state index contributed by atoms with van der Waals surface area (Å²) in [4.78, 5) is 16.3. The summed E-state index contributed by atoms with van der Waals surface area (Å²) in [5.74, 6) is -0.302. The monoisotopic (exact) mass is 352 g/mol. The lowest BCUT2D eigenvalue weighted by Gasteiger charge is -2.14. The maximum atomic E-state index is 13.1. The fourth-order valence-corrected chi connectivity index (χ4v) is 2.89. The Morgan fingerprint density at radius 1 is 1.23 bits per heavy atom. The molecule has 1 amide bonds. The molecular formula is C20H21FN4O. The molecular weight excluding hydrogens is 331 g/mol. The van der Waals surface area contributed by atoms with Crippen molar-refractivity contribution in [1.82, 2.24) is 20.1 Å². The van der Waals surface area contributed by atoms with Crippen molar-refractivity contribution >= 4 is 5.91 Å². The van der Waals surface area contributed by atoms with Crippen LogP contribution in [0.5, 0.6) is 0 Å². The predicted octanol–water partition coefficient (Wildman–Crippen LogP) is 3.52. The summed E-state index contributed by atoms with van der Waals surface area (Å²) in [5, 5.41) is 7.38. The van der Waals surface area contributed by atoms with E-state index in [-0.39, 0.29) is 17.8 Å². The summed E-state index contributed by atoms with van der Waals surface area (Å²) in [7, 11) is 0. The molecule has 6 heteroatoms. The van der Waals surface area contributed by atoms with Gasteiger partial charge in [-0.25, -0.2) is 9.07 Å². The van der Waals surface area contributed by atoms with E-state index in [1.54, 1.807) is 35.4 Å². The van der Waals surface area contributed by atoms with Gasteiger partial charge in [0, 0.05) is 30.1 Å². The Balaban J connectivity index is 1.63. The quantitative estimate of drug-likeness (QED) is 0.738. The zero-order valence-electron chi connectivity index (χ0n) is 14.8. The fraction of sp³-hybridized carbons (Fsp3) is 0.250. The molecule has 0 radical (unpaired) electrons. The first-order valence-electron chi connectivity index (χ1n) is 8.53. The number of nitrogens with one attached hydrogen (secondary N) is 1. The van der Waals surface area contributed by atoms with E-state index < -0.39 is 0 Å². The zero-order chi connectivity index (χ0) is 18.5. The number of pyridine rings is 1. The molecule has 26 heavy (non-hydrogen) atoms. The summed E-state index contributed by atoms with van der Waals surface area (Å²) < 4.78 is 14.8. The van der Waals surface area contributed by atoms with Gasteiger partial charge in [-0.1, -0.05) is 6.07 Å². The Morgan fingerprint density at radius 3 is 2.69 bits per heavy atom. The lowest BCUT2D eigenvalue weighted by Crippen LogP contribution is -2.27. The van der Waals surface area contributed by atoms with E-state index in [1.807, 2.05) is 26.0 Å². The zero-order valence-corrected chi connectivity index (χ0v) is 14.8. The van der Waals surface area contributed by atoms with Gasteiger partial charge in [0.15, 0.2) is 0 Å². The third-order valence-electron chi connectivity index (χ3n) is 4.33. The van der Waals surface area contributed by atoms with Gasteiger partial charge < -0.3 is 5.32 Å². The Hall–Kier alpha value is -3.02. The second kappa shape index (κ2) is 7.91. The highest BCUT2D eigenvalue weighted by atomic mass is 19.1. The van der Waals surface area contributed by atoms with Crippen LogP contribution in [0.1, 0.15) is 36.2 Å². The molecule has 0 fully saturated rings. The molecule has 3 aromatic rings. The van der Waals surface area contributed by atoms with Gasteiger partial charge in [0.05, 0.1) is 17.9 Å². The molecule has 2 aromatic heterocycles. The standard InChI is InChI=1S/C20H21FN4O/c1-14(24-20(26)10-5-16-4-3-11-22-12-16)19-13-23-25(15(19)2)18-8-6-17(21)7-9-18/h3-4,6-9,11-14H,5,10H2,1-2H3,(H,24,26). The van der Waals surface area contributed by atoms with Crippen LogP contribution in [-0.4, -0.2) is 20.7 Å². The van der Waals surface area contributed by atoms with Crippen LogP contribution in [0.15, 0.2) is 55.0 Å². The second-order valence-corrected chi connectivity index (χ2v) is 6.22. The SMILES string of the molecule is Cc1c(C(C)NC(=O)CCc2cccnc2)cnn1-c1ccc(F)cc1. The summed E-state index contributed by atoms with van der Waals surface area (Å²) in [5.41, 5.74) is 3.67. The number of aryl methyl sites for hydroxylation is 1. The van der Waals surface area contributed by atoms with Crippen molar-refractivity contribution in [2.75, 3.05) is 0 Å². The highest BCUT2D eigenvalue weighted by molar-refractivity contribution is 5.76. The molecule has 1 aromatic carbocycles. The predicted molar refractivity (Wildman–Crippen MR) is 97.4 cm³/mol. The molecule has 5 nitrogen and oxygen atoms in total. The molecule has 134 valence electrons. The number of benzene rings is 1. The molecule has 0 aliphatic carbocycles. The van der Waals surface area contributed by atoms with E-state index in [0.717, 1.165) is 22.5 Å². The minimum atomic E-state index is -0.284. The lowest BCUT2D eigenvalue weighted by molar-refractivity contribution is -0.121. The Labute approximate surface area is 151 Å². The fourth-order valence-electron chi connectivity index (χ4n) is 2.89. The second-order valence-electron chi connectivity index (χ2n) is 6.22. The first kappa shape index (κ1) is 17.8. The molecule has 0 bridgehead atoms. The van der Waals surface area contributed by atoms with Crippen LogP contribution in [0, 0.1) is 12.7 Å². The van der Waals surface area contributed by atoms with E-state index in [9.17, 15) is 9.18 Å². The van der Waals surface area contributed by atoms with Gasteiger partial charge in [0.25, 0.3) is 0 Å². The third-order valence-corrected chi connectivity index (χ3v) is 4.33. The number of amides is 1. The van der Waals surface area contributed by atoms with E-state index in [2.05, 4.69) is 15.4 Å². The molecule has 0 aliphatic heterocycles. The summed E-state index contributed by atoms with van der Waals surface area (Å²) in [6.45, 7) is 3.87. The Kier molecular flexibility index (Phi) is 5.41. The molecule has 2 heterocycles. The normalized spacial score (nSPS) is 12.0. The number of nitrogens with zero attached hydrogens (tertiary/aromatic N) is 3. The molecule has 1 unspecified atom stereocenters. The van der Waals surface area contributed by atoms with Gasteiger partial charge in [-0.15, -0.1) is 0 Å². The van der Waals surface area contributed by atoms with E-state index >= 15 is 0 Å². The van der Waals surface area contributed by atoms with Crippen molar-refractivity contribution in [2.24, 2.45) is 0 Å². The third kappa shape index (κ3) is 4.14. The van der Waals surface area contributed by atoms with Crippen molar-refractivity contribution < 1.29 is 9.18 Å². The van der Waals surface area contributed by atoms with Crippen molar-refractivity contribution in [1.29, 1.82) is 0 Å². The van der Waals surface area contributed by atoms with Gasteiger partial charge in [-0.3, -0.25) is 9.78 Å². The smallest absolute Gasteiger partial charge is 0.220 e. The van der Waals surface area contributed by atoms with Gasteiger partial charge in [-0.05, 0) is 56.2 Å². The number of hydrogen-bond donors (Lipinski definition) is 1. The van der Waals surface area contributed by atoms with Crippen LogP contribution in [-0.2, 0) is 11.2 Å².